The minimum Gasteiger partial charge on any atom is -0.508 e. The SMILES string of the molecule is Oc1ccc2ccc(OCC(F)F)cc2c1. The van der Waals surface area contributed by atoms with Gasteiger partial charge in [0.2, 0.25) is 0 Å². The molecule has 1 N–H and O–H groups in total. The van der Waals surface area contributed by atoms with Gasteiger partial charge < -0.3 is 9.84 Å². The Morgan fingerprint density at radius 2 is 1.81 bits per heavy atom. The molecule has 4 heteroatoms. The Bertz CT molecular complexity index is 497. The summed E-state index contributed by atoms with van der Waals surface area (Å²) in [4.78, 5) is 0. The number of fused-ring (bicyclic) bond motifs is 1. The molecule has 2 rings (SSSR count). The van der Waals surface area contributed by atoms with E-state index in [1.54, 1.807) is 36.4 Å². The minimum atomic E-state index is -2.49. The largest absolute Gasteiger partial charge is 0.508 e. The number of benzene rings is 2. The van der Waals surface area contributed by atoms with Crippen molar-refractivity contribution in [2.45, 2.75) is 6.43 Å². The van der Waals surface area contributed by atoms with Crippen LogP contribution in [0.2, 0.25) is 0 Å². The lowest BCUT2D eigenvalue weighted by Crippen LogP contribution is -2.06. The van der Waals surface area contributed by atoms with Gasteiger partial charge in [-0.25, -0.2) is 8.78 Å². The van der Waals surface area contributed by atoms with Crippen molar-refractivity contribution in [3.05, 3.63) is 36.4 Å². The van der Waals surface area contributed by atoms with Crippen LogP contribution in [0, 0.1) is 0 Å². The molecule has 0 amide bonds. The first-order chi connectivity index (χ1) is 7.65. The van der Waals surface area contributed by atoms with Gasteiger partial charge in [-0.05, 0) is 35.0 Å². The zero-order chi connectivity index (χ0) is 11.5. The number of phenols is 1. The second-order valence-corrected chi connectivity index (χ2v) is 3.40. The number of alkyl halides is 2. The van der Waals surface area contributed by atoms with Crippen molar-refractivity contribution >= 4 is 10.8 Å². The Morgan fingerprint density at radius 3 is 2.56 bits per heavy atom. The predicted octanol–water partition coefficient (Wildman–Crippen LogP) is 3.19. The highest BCUT2D eigenvalue weighted by Crippen LogP contribution is 2.24. The number of hydrogen-bond acceptors (Lipinski definition) is 2. The van der Waals surface area contributed by atoms with Crippen molar-refractivity contribution in [3.8, 4) is 11.5 Å². The molecular formula is C12H10F2O2. The molecule has 0 aliphatic carbocycles. The quantitative estimate of drug-likeness (QED) is 0.867. The first-order valence-corrected chi connectivity index (χ1v) is 4.79. The molecule has 0 saturated carbocycles. The van der Waals surface area contributed by atoms with Crippen molar-refractivity contribution < 1.29 is 18.6 Å². The molecule has 0 aliphatic heterocycles. The van der Waals surface area contributed by atoms with E-state index in [0.717, 1.165) is 10.8 Å². The van der Waals surface area contributed by atoms with E-state index in [9.17, 15) is 13.9 Å². The number of halogens is 2. The van der Waals surface area contributed by atoms with Crippen LogP contribution in [-0.4, -0.2) is 18.1 Å². The van der Waals surface area contributed by atoms with Gasteiger partial charge in [-0.3, -0.25) is 0 Å². The Kier molecular flexibility index (Phi) is 2.90. The summed E-state index contributed by atoms with van der Waals surface area (Å²) < 4.78 is 28.8. The van der Waals surface area contributed by atoms with Crippen molar-refractivity contribution in [1.82, 2.24) is 0 Å². The molecule has 2 aromatic carbocycles. The summed E-state index contributed by atoms with van der Waals surface area (Å²) in [6.45, 7) is -0.621. The Morgan fingerprint density at radius 1 is 1.06 bits per heavy atom. The van der Waals surface area contributed by atoms with Crippen molar-refractivity contribution in [2.24, 2.45) is 0 Å². The van der Waals surface area contributed by atoms with Gasteiger partial charge in [0.05, 0.1) is 0 Å². The fourth-order valence-corrected chi connectivity index (χ4v) is 1.46. The highest BCUT2D eigenvalue weighted by atomic mass is 19.3. The molecule has 0 fully saturated rings. The zero-order valence-corrected chi connectivity index (χ0v) is 8.36. The van der Waals surface area contributed by atoms with Crippen LogP contribution in [0.4, 0.5) is 8.78 Å². The summed E-state index contributed by atoms with van der Waals surface area (Å²) in [7, 11) is 0. The molecule has 2 nitrogen and oxygen atoms in total. The van der Waals surface area contributed by atoms with E-state index in [4.69, 9.17) is 4.74 Å². The van der Waals surface area contributed by atoms with Crippen LogP contribution in [0.15, 0.2) is 36.4 Å². The summed E-state index contributed by atoms with van der Waals surface area (Å²) >= 11 is 0. The minimum absolute atomic E-state index is 0.138. The normalized spacial score (nSPS) is 10.9. The van der Waals surface area contributed by atoms with Crippen LogP contribution < -0.4 is 4.74 Å². The molecule has 2 aromatic rings. The molecule has 84 valence electrons. The summed E-state index contributed by atoms with van der Waals surface area (Å²) in [6, 6.07) is 9.89. The number of rotatable bonds is 3. The van der Waals surface area contributed by atoms with E-state index in [1.807, 2.05) is 0 Å². The number of hydrogen-bond donors (Lipinski definition) is 1. The van der Waals surface area contributed by atoms with Crippen LogP contribution in [0.3, 0.4) is 0 Å². The molecule has 16 heavy (non-hydrogen) atoms. The zero-order valence-electron chi connectivity index (χ0n) is 8.36. The second kappa shape index (κ2) is 4.35. The van der Waals surface area contributed by atoms with Gasteiger partial charge in [0.15, 0.2) is 0 Å². The predicted molar refractivity (Wildman–Crippen MR) is 57.1 cm³/mol. The van der Waals surface area contributed by atoms with E-state index >= 15 is 0 Å². The van der Waals surface area contributed by atoms with E-state index in [1.165, 1.54) is 0 Å². The van der Waals surface area contributed by atoms with Crippen LogP contribution in [0.1, 0.15) is 0 Å². The Balaban J connectivity index is 2.28. The van der Waals surface area contributed by atoms with Gasteiger partial charge in [-0.1, -0.05) is 12.1 Å². The number of phenolic OH excluding ortho intramolecular Hbond substituents is 1. The van der Waals surface area contributed by atoms with Crippen LogP contribution in [-0.2, 0) is 0 Å². The van der Waals surface area contributed by atoms with Crippen molar-refractivity contribution in [1.29, 1.82) is 0 Å². The van der Waals surface area contributed by atoms with Crippen LogP contribution in [0.25, 0.3) is 10.8 Å². The lowest BCUT2D eigenvalue weighted by atomic mass is 10.1. The fraction of sp³-hybridized carbons (Fsp3) is 0.167. The van der Waals surface area contributed by atoms with Gasteiger partial charge >= 0.3 is 0 Å². The lowest BCUT2D eigenvalue weighted by molar-refractivity contribution is 0.0820. The fourth-order valence-electron chi connectivity index (χ4n) is 1.46. The Hall–Kier alpha value is -1.84. The third-order valence-corrected chi connectivity index (χ3v) is 2.17. The second-order valence-electron chi connectivity index (χ2n) is 3.40. The lowest BCUT2D eigenvalue weighted by Gasteiger charge is -2.06. The molecular weight excluding hydrogens is 214 g/mol. The summed E-state index contributed by atoms with van der Waals surface area (Å²) in [5, 5.41) is 11.0. The molecule has 0 radical (unpaired) electrons. The third-order valence-electron chi connectivity index (χ3n) is 2.17. The Labute approximate surface area is 91.1 Å². The van der Waals surface area contributed by atoms with Crippen LogP contribution in [0.5, 0.6) is 11.5 Å². The molecule has 0 heterocycles. The van der Waals surface area contributed by atoms with Crippen molar-refractivity contribution in [2.75, 3.05) is 6.61 Å². The van der Waals surface area contributed by atoms with Crippen LogP contribution >= 0.6 is 0 Å². The summed E-state index contributed by atoms with van der Waals surface area (Å²) in [5.74, 6) is 0.511. The first kappa shape index (κ1) is 10.7. The highest BCUT2D eigenvalue weighted by molar-refractivity contribution is 5.85. The average molecular weight is 224 g/mol. The van der Waals surface area contributed by atoms with E-state index in [-0.39, 0.29) is 5.75 Å². The summed E-state index contributed by atoms with van der Waals surface area (Å²) in [6.07, 6.45) is -2.49. The highest BCUT2D eigenvalue weighted by Gasteiger charge is 2.04. The van der Waals surface area contributed by atoms with Crippen molar-refractivity contribution in [3.63, 3.8) is 0 Å². The van der Waals surface area contributed by atoms with Gasteiger partial charge in [0.25, 0.3) is 6.43 Å². The molecule has 0 aliphatic rings. The topological polar surface area (TPSA) is 29.5 Å². The maximum Gasteiger partial charge on any atom is 0.272 e. The molecule has 0 bridgehead atoms. The number of ether oxygens (including phenoxy) is 1. The van der Waals surface area contributed by atoms with Gasteiger partial charge in [0, 0.05) is 0 Å². The molecule has 0 atom stereocenters. The molecule has 0 spiro atoms. The van der Waals surface area contributed by atoms with E-state index in [2.05, 4.69) is 0 Å². The average Bonchev–Trinajstić information content (AvgIpc) is 2.25. The van der Waals surface area contributed by atoms with Gasteiger partial charge in [0.1, 0.15) is 18.1 Å². The van der Waals surface area contributed by atoms with E-state index < -0.39 is 13.0 Å². The third kappa shape index (κ3) is 2.39. The monoisotopic (exact) mass is 224 g/mol. The molecule has 0 aromatic heterocycles. The van der Waals surface area contributed by atoms with Gasteiger partial charge in [-0.2, -0.15) is 0 Å². The maximum absolute atomic E-state index is 11.9. The molecule has 0 saturated heterocycles. The summed E-state index contributed by atoms with van der Waals surface area (Å²) in [5.41, 5.74) is 0. The van der Waals surface area contributed by atoms with Gasteiger partial charge in [-0.15, -0.1) is 0 Å². The first-order valence-electron chi connectivity index (χ1n) is 4.79. The maximum atomic E-state index is 11.9. The molecule has 0 unspecified atom stereocenters. The smallest absolute Gasteiger partial charge is 0.272 e. The number of aromatic hydroxyl groups is 1. The standard InChI is InChI=1S/C12H10F2O2/c13-12(14)7-16-11-4-2-8-1-3-10(15)5-9(8)6-11/h1-6,12,15H,7H2. The van der Waals surface area contributed by atoms with E-state index in [0.29, 0.717) is 5.75 Å².